The SMILES string of the molecule is CC(CCC1CC1)Nc1ccc(C(=O)N(C)C)cn1. The van der Waals surface area contributed by atoms with Gasteiger partial charge in [-0.15, -0.1) is 0 Å². The number of hydrogen-bond donors (Lipinski definition) is 1. The molecule has 19 heavy (non-hydrogen) atoms. The van der Waals surface area contributed by atoms with Gasteiger partial charge in [-0.2, -0.15) is 0 Å². The topological polar surface area (TPSA) is 45.2 Å². The molecule has 1 aliphatic carbocycles. The molecule has 1 aromatic heterocycles. The summed E-state index contributed by atoms with van der Waals surface area (Å²) in [7, 11) is 3.49. The molecule has 1 aromatic rings. The van der Waals surface area contributed by atoms with Crippen molar-refractivity contribution >= 4 is 11.7 Å². The Morgan fingerprint density at radius 1 is 1.47 bits per heavy atom. The van der Waals surface area contributed by atoms with Crippen LogP contribution in [-0.2, 0) is 0 Å². The van der Waals surface area contributed by atoms with E-state index in [-0.39, 0.29) is 5.91 Å². The monoisotopic (exact) mass is 261 g/mol. The van der Waals surface area contributed by atoms with E-state index in [1.807, 2.05) is 12.1 Å². The van der Waals surface area contributed by atoms with Gasteiger partial charge in [-0.25, -0.2) is 4.98 Å². The van der Waals surface area contributed by atoms with Crippen LogP contribution in [0, 0.1) is 5.92 Å². The maximum atomic E-state index is 11.7. The highest BCUT2D eigenvalue weighted by Gasteiger charge is 2.21. The maximum Gasteiger partial charge on any atom is 0.254 e. The minimum atomic E-state index is -0.0131. The van der Waals surface area contributed by atoms with Crippen molar-refractivity contribution < 1.29 is 4.79 Å². The summed E-state index contributed by atoms with van der Waals surface area (Å²) in [5.41, 5.74) is 0.626. The minimum Gasteiger partial charge on any atom is -0.368 e. The van der Waals surface area contributed by atoms with E-state index in [2.05, 4.69) is 17.2 Å². The van der Waals surface area contributed by atoms with E-state index in [1.165, 1.54) is 25.7 Å². The van der Waals surface area contributed by atoms with Crippen molar-refractivity contribution in [3.8, 4) is 0 Å². The summed E-state index contributed by atoms with van der Waals surface area (Å²) >= 11 is 0. The molecule has 104 valence electrons. The fourth-order valence-electron chi connectivity index (χ4n) is 2.08. The molecule has 1 amide bonds. The highest BCUT2D eigenvalue weighted by atomic mass is 16.2. The lowest BCUT2D eigenvalue weighted by atomic mass is 10.1. The van der Waals surface area contributed by atoms with E-state index < -0.39 is 0 Å². The fraction of sp³-hybridized carbons (Fsp3) is 0.600. The van der Waals surface area contributed by atoms with E-state index in [0.717, 1.165) is 11.7 Å². The smallest absolute Gasteiger partial charge is 0.254 e. The van der Waals surface area contributed by atoms with Gasteiger partial charge in [0.05, 0.1) is 5.56 Å². The van der Waals surface area contributed by atoms with Crippen LogP contribution in [0.1, 0.15) is 43.0 Å². The van der Waals surface area contributed by atoms with Gasteiger partial charge in [0.25, 0.3) is 5.91 Å². The van der Waals surface area contributed by atoms with E-state index in [0.29, 0.717) is 11.6 Å². The Labute approximate surface area is 115 Å². The Balaban J connectivity index is 1.85. The average Bonchev–Trinajstić information content (AvgIpc) is 3.20. The van der Waals surface area contributed by atoms with E-state index in [4.69, 9.17) is 0 Å². The lowest BCUT2D eigenvalue weighted by Crippen LogP contribution is -2.22. The Hall–Kier alpha value is -1.58. The normalized spacial score (nSPS) is 15.9. The molecule has 1 N–H and O–H groups in total. The summed E-state index contributed by atoms with van der Waals surface area (Å²) in [6.45, 7) is 2.18. The van der Waals surface area contributed by atoms with Crippen LogP contribution in [-0.4, -0.2) is 35.9 Å². The molecule has 1 atom stereocenters. The number of pyridine rings is 1. The van der Waals surface area contributed by atoms with Crippen LogP contribution in [0.15, 0.2) is 18.3 Å². The molecule has 0 aliphatic heterocycles. The van der Waals surface area contributed by atoms with Crippen LogP contribution in [0.5, 0.6) is 0 Å². The van der Waals surface area contributed by atoms with Crippen molar-refractivity contribution in [3.05, 3.63) is 23.9 Å². The van der Waals surface area contributed by atoms with Gasteiger partial charge >= 0.3 is 0 Å². The van der Waals surface area contributed by atoms with Crippen molar-refractivity contribution in [1.82, 2.24) is 9.88 Å². The van der Waals surface area contributed by atoms with Crippen molar-refractivity contribution in [2.45, 2.75) is 38.6 Å². The second-order valence-electron chi connectivity index (χ2n) is 5.70. The first-order valence-corrected chi connectivity index (χ1v) is 7.00. The molecule has 2 rings (SSSR count). The number of amides is 1. The molecule has 1 unspecified atom stereocenters. The molecule has 1 aliphatic rings. The summed E-state index contributed by atoms with van der Waals surface area (Å²) in [4.78, 5) is 17.6. The lowest BCUT2D eigenvalue weighted by Gasteiger charge is -2.15. The molecule has 1 heterocycles. The molecule has 1 saturated carbocycles. The standard InChI is InChI=1S/C15H23N3O/c1-11(4-5-12-6-7-12)17-14-9-8-13(10-16-14)15(19)18(2)3/h8-12H,4-7H2,1-3H3,(H,16,17). The number of carbonyl (C=O) groups excluding carboxylic acids is 1. The summed E-state index contributed by atoms with van der Waals surface area (Å²) in [5, 5.41) is 3.38. The van der Waals surface area contributed by atoms with Crippen LogP contribution in [0.25, 0.3) is 0 Å². The van der Waals surface area contributed by atoms with Crippen molar-refractivity contribution in [2.24, 2.45) is 5.92 Å². The highest BCUT2D eigenvalue weighted by molar-refractivity contribution is 5.93. The predicted molar refractivity (Wildman–Crippen MR) is 77.3 cm³/mol. The average molecular weight is 261 g/mol. The quantitative estimate of drug-likeness (QED) is 0.856. The number of nitrogens with one attached hydrogen (secondary N) is 1. The Bertz CT molecular complexity index is 424. The van der Waals surface area contributed by atoms with Crippen LogP contribution >= 0.6 is 0 Å². The Morgan fingerprint density at radius 3 is 2.74 bits per heavy atom. The summed E-state index contributed by atoms with van der Waals surface area (Å²) in [5.74, 6) is 1.80. The summed E-state index contributed by atoms with van der Waals surface area (Å²) in [6.07, 6.45) is 6.95. The lowest BCUT2D eigenvalue weighted by molar-refractivity contribution is 0.0827. The number of hydrogen-bond acceptors (Lipinski definition) is 3. The van der Waals surface area contributed by atoms with Gasteiger partial charge in [-0.1, -0.05) is 12.8 Å². The molecule has 1 fully saturated rings. The van der Waals surface area contributed by atoms with Crippen LogP contribution in [0.2, 0.25) is 0 Å². The number of rotatable bonds is 6. The first-order chi connectivity index (χ1) is 9.06. The molecule has 0 bridgehead atoms. The van der Waals surface area contributed by atoms with E-state index >= 15 is 0 Å². The van der Waals surface area contributed by atoms with Crippen LogP contribution in [0.4, 0.5) is 5.82 Å². The predicted octanol–water partition coefficient (Wildman–Crippen LogP) is 2.77. The van der Waals surface area contributed by atoms with Gasteiger partial charge in [0.1, 0.15) is 5.82 Å². The van der Waals surface area contributed by atoms with Gasteiger partial charge in [0, 0.05) is 26.3 Å². The van der Waals surface area contributed by atoms with Crippen molar-refractivity contribution in [1.29, 1.82) is 0 Å². The summed E-state index contributed by atoms with van der Waals surface area (Å²) < 4.78 is 0. The second kappa shape index (κ2) is 6.04. The van der Waals surface area contributed by atoms with E-state index in [9.17, 15) is 4.79 Å². The fourth-order valence-corrected chi connectivity index (χ4v) is 2.08. The molecule has 0 aromatic carbocycles. The van der Waals surface area contributed by atoms with Gasteiger partial charge in [-0.3, -0.25) is 4.79 Å². The van der Waals surface area contributed by atoms with Crippen molar-refractivity contribution in [2.75, 3.05) is 19.4 Å². The molecule has 0 radical (unpaired) electrons. The third-order valence-corrected chi connectivity index (χ3v) is 3.52. The van der Waals surface area contributed by atoms with Gasteiger partial charge < -0.3 is 10.2 Å². The first-order valence-electron chi connectivity index (χ1n) is 7.00. The largest absolute Gasteiger partial charge is 0.368 e. The van der Waals surface area contributed by atoms with Crippen molar-refractivity contribution in [3.63, 3.8) is 0 Å². The zero-order valence-electron chi connectivity index (χ0n) is 12.0. The third kappa shape index (κ3) is 4.23. The van der Waals surface area contributed by atoms with Gasteiger partial charge in [-0.05, 0) is 37.8 Å². The number of carbonyl (C=O) groups is 1. The molecule has 4 heteroatoms. The number of aromatic nitrogens is 1. The molecular weight excluding hydrogens is 238 g/mol. The molecule has 4 nitrogen and oxygen atoms in total. The second-order valence-corrected chi connectivity index (χ2v) is 5.70. The molecule has 0 spiro atoms. The number of nitrogens with zero attached hydrogens (tertiary/aromatic N) is 2. The maximum absolute atomic E-state index is 11.7. The zero-order valence-corrected chi connectivity index (χ0v) is 12.0. The minimum absolute atomic E-state index is 0.0131. The van der Waals surface area contributed by atoms with Crippen LogP contribution in [0.3, 0.4) is 0 Å². The van der Waals surface area contributed by atoms with E-state index in [1.54, 1.807) is 25.2 Å². The number of anilines is 1. The highest BCUT2D eigenvalue weighted by Crippen LogP contribution is 2.34. The third-order valence-electron chi connectivity index (χ3n) is 3.52. The Morgan fingerprint density at radius 2 is 2.21 bits per heavy atom. The first kappa shape index (κ1) is 13.8. The molecular formula is C15H23N3O. The summed E-state index contributed by atoms with van der Waals surface area (Å²) in [6, 6.07) is 4.14. The Kier molecular flexibility index (Phi) is 4.40. The van der Waals surface area contributed by atoms with Gasteiger partial charge in [0.2, 0.25) is 0 Å². The van der Waals surface area contributed by atoms with Gasteiger partial charge in [0.15, 0.2) is 0 Å². The van der Waals surface area contributed by atoms with Crippen LogP contribution < -0.4 is 5.32 Å². The zero-order chi connectivity index (χ0) is 13.8. The molecule has 0 saturated heterocycles.